The lowest BCUT2D eigenvalue weighted by Gasteiger charge is -2.26. The molecule has 0 radical (unpaired) electrons. The standard InChI is InChI=1S/C18H26N2O3/c1-15(2)14-23-17-6-4-16(5-7-17)18(21)19-8-3-9-20-10-12-22-13-11-20/h4-7H,1,3,8-14H2,2H3,(H,19,21). The van der Waals surface area contributed by atoms with Crippen LogP contribution in [0.1, 0.15) is 23.7 Å². The number of rotatable bonds is 8. The topological polar surface area (TPSA) is 50.8 Å². The van der Waals surface area contributed by atoms with Crippen LogP contribution in [0.25, 0.3) is 0 Å². The molecular formula is C18H26N2O3. The molecule has 1 aromatic carbocycles. The Morgan fingerprint density at radius 1 is 1.30 bits per heavy atom. The van der Waals surface area contributed by atoms with Crippen LogP contribution in [0.4, 0.5) is 0 Å². The molecule has 2 rings (SSSR count). The van der Waals surface area contributed by atoms with Gasteiger partial charge in [-0.25, -0.2) is 0 Å². The van der Waals surface area contributed by atoms with Gasteiger partial charge in [0.15, 0.2) is 0 Å². The number of hydrogen-bond acceptors (Lipinski definition) is 4. The average molecular weight is 318 g/mol. The number of amides is 1. The van der Waals surface area contributed by atoms with Crippen molar-refractivity contribution in [3.05, 3.63) is 42.0 Å². The third-order valence-electron chi connectivity index (χ3n) is 3.64. The third-order valence-corrected chi connectivity index (χ3v) is 3.64. The summed E-state index contributed by atoms with van der Waals surface area (Å²) in [5, 5.41) is 2.96. The summed E-state index contributed by atoms with van der Waals surface area (Å²) in [6, 6.07) is 7.19. The molecule has 126 valence electrons. The van der Waals surface area contributed by atoms with Crippen molar-refractivity contribution < 1.29 is 14.3 Å². The van der Waals surface area contributed by atoms with Gasteiger partial charge in [-0.05, 0) is 49.7 Å². The molecule has 1 N–H and O–H groups in total. The van der Waals surface area contributed by atoms with Gasteiger partial charge in [0.25, 0.3) is 5.91 Å². The maximum atomic E-state index is 12.1. The van der Waals surface area contributed by atoms with Crippen molar-refractivity contribution in [3.8, 4) is 5.75 Å². The first-order valence-electron chi connectivity index (χ1n) is 8.10. The summed E-state index contributed by atoms with van der Waals surface area (Å²) in [5.74, 6) is 0.704. The van der Waals surface area contributed by atoms with Gasteiger partial charge in [0.1, 0.15) is 12.4 Å². The summed E-state index contributed by atoms with van der Waals surface area (Å²) in [5.41, 5.74) is 1.62. The van der Waals surface area contributed by atoms with Gasteiger partial charge in [-0.3, -0.25) is 9.69 Å². The minimum Gasteiger partial charge on any atom is -0.489 e. The third kappa shape index (κ3) is 6.42. The Bertz CT molecular complexity index is 508. The Labute approximate surface area is 138 Å². The second-order valence-electron chi connectivity index (χ2n) is 5.83. The van der Waals surface area contributed by atoms with Crippen LogP contribution in [0.2, 0.25) is 0 Å². The van der Waals surface area contributed by atoms with Crippen molar-refractivity contribution in [2.45, 2.75) is 13.3 Å². The fraction of sp³-hybridized carbons (Fsp3) is 0.500. The highest BCUT2D eigenvalue weighted by atomic mass is 16.5. The number of morpholine rings is 1. The van der Waals surface area contributed by atoms with Crippen molar-refractivity contribution in [2.75, 3.05) is 46.0 Å². The predicted molar refractivity (Wildman–Crippen MR) is 91.0 cm³/mol. The fourth-order valence-corrected chi connectivity index (χ4v) is 2.34. The summed E-state index contributed by atoms with van der Waals surface area (Å²) < 4.78 is 10.8. The minimum absolute atomic E-state index is 0.0431. The quantitative estimate of drug-likeness (QED) is 0.589. The molecule has 1 fully saturated rings. The summed E-state index contributed by atoms with van der Waals surface area (Å²) >= 11 is 0. The first-order valence-corrected chi connectivity index (χ1v) is 8.10. The van der Waals surface area contributed by atoms with Gasteiger partial charge in [-0.2, -0.15) is 0 Å². The van der Waals surface area contributed by atoms with Crippen LogP contribution < -0.4 is 10.1 Å². The Kier molecular flexibility index (Phi) is 7.10. The highest BCUT2D eigenvalue weighted by Crippen LogP contribution is 2.13. The van der Waals surface area contributed by atoms with Crippen LogP contribution >= 0.6 is 0 Å². The van der Waals surface area contributed by atoms with Gasteiger partial charge < -0.3 is 14.8 Å². The molecule has 0 unspecified atom stereocenters. The Morgan fingerprint density at radius 3 is 2.65 bits per heavy atom. The second-order valence-corrected chi connectivity index (χ2v) is 5.83. The lowest BCUT2D eigenvalue weighted by Crippen LogP contribution is -2.38. The number of nitrogens with one attached hydrogen (secondary N) is 1. The van der Waals surface area contributed by atoms with E-state index in [0.29, 0.717) is 18.7 Å². The molecule has 0 spiro atoms. The Balaban J connectivity index is 1.67. The van der Waals surface area contributed by atoms with Gasteiger partial charge in [0, 0.05) is 25.2 Å². The molecule has 1 aliphatic heterocycles. The van der Waals surface area contributed by atoms with E-state index in [2.05, 4.69) is 16.8 Å². The van der Waals surface area contributed by atoms with Crippen molar-refractivity contribution in [3.63, 3.8) is 0 Å². The number of ether oxygens (including phenoxy) is 2. The van der Waals surface area contributed by atoms with Crippen LogP contribution in [0.3, 0.4) is 0 Å². The molecule has 0 aliphatic carbocycles. The van der Waals surface area contributed by atoms with Crippen molar-refractivity contribution in [1.82, 2.24) is 10.2 Å². The zero-order valence-corrected chi connectivity index (χ0v) is 13.8. The van der Waals surface area contributed by atoms with Crippen molar-refractivity contribution in [1.29, 1.82) is 0 Å². The number of benzene rings is 1. The molecule has 1 aromatic rings. The molecule has 5 heteroatoms. The van der Waals surface area contributed by atoms with E-state index in [1.54, 1.807) is 12.1 Å². The maximum absolute atomic E-state index is 12.1. The monoisotopic (exact) mass is 318 g/mol. The minimum atomic E-state index is -0.0431. The van der Waals surface area contributed by atoms with E-state index in [1.807, 2.05) is 19.1 Å². The van der Waals surface area contributed by atoms with Crippen LogP contribution in [0, 0.1) is 0 Å². The normalized spacial score (nSPS) is 15.2. The van der Waals surface area contributed by atoms with E-state index in [1.165, 1.54) is 0 Å². The van der Waals surface area contributed by atoms with Gasteiger partial charge in [0.2, 0.25) is 0 Å². The van der Waals surface area contributed by atoms with Crippen molar-refractivity contribution in [2.24, 2.45) is 0 Å². The Hall–Kier alpha value is -1.85. The van der Waals surface area contributed by atoms with E-state index in [-0.39, 0.29) is 5.91 Å². The van der Waals surface area contributed by atoms with Crippen molar-refractivity contribution >= 4 is 5.91 Å². The molecule has 23 heavy (non-hydrogen) atoms. The van der Waals surface area contributed by atoms with E-state index >= 15 is 0 Å². The van der Waals surface area contributed by atoms with Crippen LogP contribution in [-0.4, -0.2) is 56.8 Å². The summed E-state index contributed by atoms with van der Waals surface area (Å²) in [4.78, 5) is 14.4. The molecule has 1 saturated heterocycles. The fourth-order valence-electron chi connectivity index (χ4n) is 2.34. The maximum Gasteiger partial charge on any atom is 0.251 e. The van der Waals surface area contributed by atoms with Gasteiger partial charge in [-0.15, -0.1) is 0 Å². The molecule has 5 nitrogen and oxygen atoms in total. The molecule has 0 atom stereocenters. The first kappa shape index (κ1) is 17.5. The summed E-state index contributed by atoms with van der Waals surface area (Å²) in [7, 11) is 0. The van der Waals surface area contributed by atoms with E-state index in [9.17, 15) is 4.79 Å². The van der Waals surface area contributed by atoms with Crippen LogP contribution in [-0.2, 0) is 4.74 Å². The first-order chi connectivity index (χ1) is 11.1. The molecule has 1 aliphatic rings. The summed E-state index contributed by atoms with van der Waals surface area (Å²) in [6.45, 7) is 11.5. The van der Waals surface area contributed by atoms with E-state index in [4.69, 9.17) is 9.47 Å². The highest BCUT2D eigenvalue weighted by molar-refractivity contribution is 5.94. The number of carbonyl (C=O) groups is 1. The number of nitrogens with zero attached hydrogens (tertiary/aromatic N) is 1. The molecule has 1 amide bonds. The zero-order valence-electron chi connectivity index (χ0n) is 13.8. The predicted octanol–water partition coefficient (Wildman–Crippen LogP) is 2.09. The van der Waals surface area contributed by atoms with E-state index in [0.717, 1.165) is 50.6 Å². The van der Waals surface area contributed by atoms with Gasteiger partial charge >= 0.3 is 0 Å². The molecular weight excluding hydrogens is 292 g/mol. The lowest BCUT2D eigenvalue weighted by atomic mass is 10.2. The smallest absolute Gasteiger partial charge is 0.251 e. The molecule has 0 saturated carbocycles. The largest absolute Gasteiger partial charge is 0.489 e. The number of hydrogen-bond donors (Lipinski definition) is 1. The zero-order chi connectivity index (χ0) is 16.5. The van der Waals surface area contributed by atoms with Gasteiger partial charge in [0.05, 0.1) is 13.2 Å². The number of carbonyl (C=O) groups excluding carboxylic acids is 1. The average Bonchev–Trinajstić information content (AvgIpc) is 2.58. The Morgan fingerprint density at radius 2 is 2.00 bits per heavy atom. The SMILES string of the molecule is C=C(C)COc1ccc(C(=O)NCCCN2CCOCC2)cc1. The molecule has 1 heterocycles. The van der Waals surface area contributed by atoms with Gasteiger partial charge in [-0.1, -0.05) is 6.58 Å². The molecule has 0 aromatic heterocycles. The second kappa shape index (κ2) is 9.33. The van der Waals surface area contributed by atoms with E-state index < -0.39 is 0 Å². The lowest BCUT2D eigenvalue weighted by molar-refractivity contribution is 0.0374. The van der Waals surface area contributed by atoms with Crippen LogP contribution in [0.5, 0.6) is 5.75 Å². The van der Waals surface area contributed by atoms with Crippen LogP contribution in [0.15, 0.2) is 36.4 Å². The molecule has 0 bridgehead atoms. The highest BCUT2D eigenvalue weighted by Gasteiger charge is 2.10. The summed E-state index contributed by atoms with van der Waals surface area (Å²) in [6.07, 6.45) is 0.950.